The minimum Gasteiger partial charge on any atom is -0.487 e. The number of hydrogen-bond donors (Lipinski definition) is 1. The van der Waals surface area contributed by atoms with E-state index in [4.69, 9.17) is 4.74 Å². The first-order chi connectivity index (χ1) is 16.8. The average molecular weight is 497 g/mol. The first kappa shape index (κ1) is 25.2. The van der Waals surface area contributed by atoms with Gasteiger partial charge in [0.25, 0.3) is 0 Å². The molecule has 9 heteroatoms. The summed E-state index contributed by atoms with van der Waals surface area (Å²) in [6.45, 7) is 4.92. The molecule has 0 radical (unpaired) electrons. The second kappa shape index (κ2) is 10.8. The van der Waals surface area contributed by atoms with Crippen molar-refractivity contribution in [3.63, 3.8) is 0 Å². The van der Waals surface area contributed by atoms with Crippen molar-refractivity contribution in [2.45, 2.75) is 37.4 Å². The van der Waals surface area contributed by atoms with Crippen LogP contribution in [-0.4, -0.2) is 71.6 Å². The summed E-state index contributed by atoms with van der Waals surface area (Å²) in [5, 5.41) is 9.83. The molecule has 4 rings (SSSR count). The van der Waals surface area contributed by atoms with E-state index >= 15 is 0 Å². The largest absolute Gasteiger partial charge is 0.487 e. The maximum absolute atomic E-state index is 13.6. The lowest BCUT2D eigenvalue weighted by Gasteiger charge is -2.37. The van der Waals surface area contributed by atoms with Crippen LogP contribution >= 0.6 is 0 Å². The fourth-order valence-corrected chi connectivity index (χ4v) is 6.13. The minimum absolute atomic E-state index is 0.111. The van der Waals surface area contributed by atoms with Gasteiger partial charge in [-0.25, -0.2) is 8.42 Å². The van der Waals surface area contributed by atoms with Crippen LogP contribution in [0.15, 0.2) is 72.0 Å². The molecule has 35 heavy (non-hydrogen) atoms. The first-order valence-electron chi connectivity index (χ1n) is 11.7. The number of aliphatic hydroxyl groups excluding tert-OH is 1. The number of ether oxygens (including phenoxy) is 1. The van der Waals surface area contributed by atoms with Crippen molar-refractivity contribution in [2.24, 2.45) is 5.92 Å². The maximum Gasteiger partial charge on any atom is 0.247 e. The Kier molecular flexibility index (Phi) is 7.81. The second-order valence-electron chi connectivity index (χ2n) is 9.16. The van der Waals surface area contributed by atoms with E-state index in [1.807, 2.05) is 44.3 Å². The van der Waals surface area contributed by atoms with Crippen LogP contribution in [0.4, 0.5) is 0 Å². The number of pyridine rings is 2. The lowest BCUT2D eigenvalue weighted by atomic mass is 10.0. The minimum atomic E-state index is -3.87. The van der Waals surface area contributed by atoms with Crippen LogP contribution in [0.2, 0.25) is 0 Å². The Morgan fingerprint density at radius 2 is 1.91 bits per heavy atom. The zero-order valence-corrected chi connectivity index (χ0v) is 21.1. The van der Waals surface area contributed by atoms with Crippen molar-refractivity contribution >= 4 is 10.0 Å². The smallest absolute Gasteiger partial charge is 0.247 e. The molecule has 0 saturated carbocycles. The molecule has 0 aliphatic carbocycles. The third-order valence-electron chi connectivity index (χ3n) is 6.33. The Hall–Kier alpha value is -2.85. The summed E-state index contributed by atoms with van der Waals surface area (Å²) in [6.07, 6.45) is 4.89. The summed E-state index contributed by atoms with van der Waals surface area (Å²) in [7, 11) is -1.87. The van der Waals surface area contributed by atoms with Crippen molar-refractivity contribution in [1.29, 1.82) is 0 Å². The quantitative estimate of drug-likeness (QED) is 0.537. The molecule has 0 bridgehead atoms. The second-order valence-corrected chi connectivity index (χ2v) is 11.0. The molecule has 1 aliphatic heterocycles. The van der Waals surface area contributed by atoms with Gasteiger partial charge in [0.15, 0.2) is 0 Å². The summed E-state index contributed by atoms with van der Waals surface area (Å²) >= 11 is 0. The summed E-state index contributed by atoms with van der Waals surface area (Å²) in [6, 6.07) is 14.2. The van der Waals surface area contributed by atoms with Crippen LogP contribution in [-0.2, 0) is 16.6 Å². The fourth-order valence-electron chi connectivity index (χ4n) is 4.31. The van der Waals surface area contributed by atoms with Crippen LogP contribution in [0.1, 0.15) is 19.5 Å². The molecule has 0 unspecified atom stereocenters. The zero-order valence-electron chi connectivity index (χ0n) is 20.3. The normalized spacial score (nSPS) is 20.9. The van der Waals surface area contributed by atoms with E-state index in [2.05, 4.69) is 14.9 Å². The monoisotopic (exact) mass is 496 g/mol. The van der Waals surface area contributed by atoms with Gasteiger partial charge in [0, 0.05) is 50.2 Å². The Morgan fingerprint density at radius 1 is 1.14 bits per heavy atom. The third kappa shape index (κ3) is 5.70. The molecule has 8 nitrogen and oxygen atoms in total. The van der Waals surface area contributed by atoms with Gasteiger partial charge in [0.05, 0.1) is 12.3 Å². The van der Waals surface area contributed by atoms with E-state index in [9.17, 15) is 13.5 Å². The maximum atomic E-state index is 13.6. The van der Waals surface area contributed by atoms with Gasteiger partial charge in [0.1, 0.15) is 16.7 Å². The Balaban J connectivity index is 1.72. The molecule has 1 aliphatic rings. The van der Waals surface area contributed by atoms with Crippen molar-refractivity contribution in [1.82, 2.24) is 19.2 Å². The highest BCUT2D eigenvalue weighted by Gasteiger charge is 2.38. The van der Waals surface area contributed by atoms with Crippen LogP contribution in [0, 0.1) is 5.92 Å². The van der Waals surface area contributed by atoms with E-state index in [1.165, 1.54) is 4.31 Å². The van der Waals surface area contributed by atoms with E-state index < -0.39 is 16.1 Å². The average Bonchev–Trinajstić information content (AvgIpc) is 2.86. The number of rotatable bonds is 7. The molecular weight excluding hydrogens is 464 g/mol. The predicted octanol–water partition coefficient (Wildman–Crippen LogP) is 3.04. The van der Waals surface area contributed by atoms with Gasteiger partial charge in [0.2, 0.25) is 10.0 Å². The number of aliphatic hydroxyl groups is 1. The first-order valence-corrected chi connectivity index (χ1v) is 13.2. The van der Waals surface area contributed by atoms with Crippen LogP contribution < -0.4 is 4.74 Å². The molecule has 3 heterocycles. The number of nitrogens with zero attached hydrogens (tertiary/aromatic N) is 4. The van der Waals surface area contributed by atoms with Gasteiger partial charge in [-0.15, -0.1) is 0 Å². The number of fused-ring (bicyclic) bond motifs is 1. The summed E-state index contributed by atoms with van der Waals surface area (Å²) in [5.41, 5.74) is 2.72. The highest BCUT2D eigenvalue weighted by molar-refractivity contribution is 7.89. The molecule has 2 aromatic heterocycles. The van der Waals surface area contributed by atoms with Gasteiger partial charge in [-0.2, -0.15) is 4.31 Å². The SMILES string of the molecule is C[C@@H]1CN([C@H](C)CO)S(=O)(=O)c2ccc(-c3ccncc3)cc2O[C@H]1CN(C)Cc1ccccn1. The number of likely N-dealkylation sites (N-methyl/N-ethyl adjacent to an activating group) is 1. The van der Waals surface area contributed by atoms with E-state index in [0.717, 1.165) is 16.8 Å². The number of hydrogen-bond acceptors (Lipinski definition) is 7. The molecule has 3 atom stereocenters. The topological polar surface area (TPSA) is 95.9 Å². The van der Waals surface area contributed by atoms with E-state index in [1.54, 1.807) is 43.7 Å². The van der Waals surface area contributed by atoms with Crippen molar-refractivity contribution in [3.05, 3.63) is 72.8 Å². The van der Waals surface area contributed by atoms with Crippen LogP contribution in [0.25, 0.3) is 11.1 Å². The lowest BCUT2D eigenvalue weighted by Crippen LogP contribution is -2.49. The van der Waals surface area contributed by atoms with Gasteiger partial charge in [-0.3, -0.25) is 14.9 Å². The number of benzene rings is 1. The van der Waals surface area contributed by atoms with Crippen molar-refractivity contribution in [3.8, 4) is 16.9 Å². The van der Waals surface area contributed by atoms with Gasteiger partial charge < -0.3 is 9.84 Å². The zero-order chi connectivity index (χ0) is 25.0. The van der Waals surface area contributed by atoms with Gasteiger partial charge in [-0.1, -0.05) is 19.1 Å². The molecule has 0 saturated heterocycles. The Morgan fingerprint density at radius 3 is 2.60 bits per heavy atom. The molecule has 0 amide bonds. The standard InChI is InChI=1S/C26H32N4O4S/c1-19-15-30(20(2)18-31)35(32,33)26-8-7-22(21-9-12-27-13-10-21)14-24(26)34-25(19)17-29(3)16-23-6-4-5-11-28-23/h4-14,19-20,25,31H,15-18H2,1-3H3/t19-,20-,25+/m1/s1. The Labute approximate surface area is 207 Å². The van der Waals surface area contributed by atoms with E-state index in [-0.39, 0.29) is 30.1 Å². The molecule has 3 aromatic rings. The Bertz CT molecular complexity index is 1220. The molecule has 1 N–H and O–H groups in total. The van der Waals surface area contributed by atoms with Gasteiger partial charge >= 0.3 is 0 Å². The van der Waals surface area contributed by atoms with Crippen molar-refractivity contribution in [2.75, 3.05) is 26.7 Å². The van der Waals surface area contributed by atoms with E-state index in [0.29, 0.717) is 18.8 Å². The molecule has 0 spiro atoms. The lowest BCUT2D eigenvalue weighted by molar-refractivity contribution is 0.0731. The molecule has 1 aromatic carbocycles. The molecule has 186 valence electrons. The van der Waals surface area contributed by atoms with Gasteiger partial charge in [-0.05, 0) is 61.5 Å². The number of aromatic nitrogens is 2. The highest BCUT2D eigenvalue weighted by Crippen LogP contribution is 2.36. The number of sulfonamides is 1. The highest BCUT2D eigenvalue weighted by atomic mass is 32.2. The third-order valence-corrected chi connectivity index (χ3v) is 8.35. The fraction of sp³-hybridized carbons (Fsp3) is 0.385. The van der Waals surface area contributed by atoms with Crippen molar-refractivity contribution < 1.29 is 18.3 Å². The van der Waals surface area contributed by atoms with Crippen LogP contribution in [0.5, 0.6) is 5.75 Å². The summed E-state index contributed by atoms with van der Waals surface area (Å²) < 4.78 is 35.2. The molecule has 0 fully saturated rings. The van der Waals surface area contributed by atoms with Crippen LogP contribution in [0.3, 0.4) is 0 Å². The predicted molar refractivity (Wildman–Crippen MR) is 134 cm³/mol. The summed E-state index contributed by atoms with van der Waals surface area (Å²) in [5.74, 6) is 0.194. The summed E-state index contributed by atoms with van der Waals surface area (Å²) in [4.78, 5) is 10.7. The molecular formula is C26H32N4O4S.